The summed E-state index contributed by atoms with van der Waals surface area (Å²) < 4.78 is 13.1. The zero-order valence-corrected chi connectivity index (χ0v) is 45.1. The number of para-hydroxylation sites is 4. The lowest BCUT2D eigenvalue weighted by Gasteiger charge is -2.45. The molecule has 2 aromatic heterocycles. The van der Waals surface area contributed by atoms with Crippen LogP contribution in [0, 0.1) is 0 Å². The van der Waals surface area contributed by atoms with Gasteiger partial charge < -0.3 is 18.6 Å². The van der Waals surface area contributed by atoms with Crippen molar-refractivity contribution in [3.05, 3.63) is 297 Å². The minimum absolute atomic E-state index is 0.175. The van der Waals surface area contributed by atoms with E-state index in [0.717, 1.165) is 145 Å². The number of nitrogens with zero attached hydrogens (tertiary/aromatic N) is 2. The summed E-state index contributed by atoms with van der Waals surface area (Å²) >= 11 is 0. The number of furan rings is 2. The quantitative estimate of drug-likeness (QED) is 0.142. The van der Waals surface area contributed by atoms with E-state index in [0.29, 0.717) is 0 Å². The first-order valence-corrected chi connectivity index (χ1v) is 28.5. The molecule has 0 saturated heterocycles. The van der Waals surface area contributed by atoms with Gasteiger partial charge in [-0.2, -0.15) is 0 Å². The van der Waals surface area contributed by atoms with Crippen molar-refractivity contribution < 1.29 is 8.83 Å². The van der Waals surface area contributed by atoms with Gasteiger partial charge in [0.05, 0.1) is 11.4 Å². The van der Waals surface area contributed by atoms with Crippen LogP contribution in [0.15, 0.2) is 306 Å². The highest BCUT2D eigenvalue weighted by atomic mass is 16.3. The Kier molecular flexibility index (Phi) is 10.7. The number of hydrogen-bond acceptors (Lipinski definition) is 4. The van der Waals surface area contributed by atoms with Crippen LogP contribution in [0.3, 0.4) is 0 Å². The lowest BCUT2D eigenvalue weighted by molar-refractivity contribution is 0.668. The number of rotatable bonds is 8. The number of anilines is 6. The molecular formula is C78H49BN2O2. The van der Waals surface area contributed by atoms with Gasteiger partial charge in [0.25, 0.3) is 6.71 Å². The molecule has 13 aromatic carbocycles. The lowest BCUT2D eigenvalue weighted by Crippen LogP contribution is -2.61. The third-order valence-electron chi connectivity index (χ3n) is 17.3. The molecule has 386 valence electrons. The second-order valence-corrected chi connectivity index (χ2v) is 21.8. The Bertz CT molecular complexity index is 4620. The molecule has 0 saturated carbocycles. The van der Waals surface area contributed by atoms with Crippen molar-refractivity contribution in [1.82, 2.24) is 0 Å². The molecule has 5 heteroatoms. The standard InChI is InChI=1S/C78H49BN2O2/c1-5-22-50(23-6-1)58-34-17-35-59(51-24-7-2-8-25-51)77(58)80-66-38-21-39-67-76(66)79(64-46-44-54(48-68(64)80)56-32-19-42-72-74(56)62-30-13-15-40-70(62)82-72)65-47-45-55(57-33-20-43-73-75(57)63-31-14-16-41-71(63)83-73)49-69(65)81(67)78-60(52-26-9-3-10-27-52)36-18-37-61(78)53-28-11-4-12-29-53/h1-49H. The van der Waals surface area contributed by atoms with Crippen LogP contribution in [0.1, 0.15) is 0 Å². The van der Waals surface area contributed by atoms with Gasteiger partial charge in [-0.1, -0.05) is 249 Å². The molecule has 2 aliphatic rings. The molecule has 0 bridgehead atoms. The summed E-state index contributed by atoms with van der Waals surface area (Å²) in [6.07, 6.45) is 0. The van der Waals surface area contributed by atoms with Gasteiger partial charge in [-0.3, -0.25) is 0 Å². The van der Waals surface area contributed by atoms with Gasteiger partial charge in [0.1, 0.15) is 22.3 Å². The Hall–Kier alpha value is -10.9. The molecule has 0 aliphatic carbocycles. The van der Waals surface area contributed by atoms with E-state index in [1.54, 1.807) is 0 Å². The van der Waals surface area contributed by atoms with Crippen LogP contribution in [-0.4, -0.2) is 6.71 Å². The Morgan fingerprint density at radius 3 is 0.964 bits per heavy atom. The van der Waals surface area contributed by atoms with Crippen LogP contribution in [-0.2, 0) is 0 Å². The molecule has 0 fully saturated rings. The van der Waals surface area contributed by atoms with Gasteiger partial charge in [0, 0.05) is 66.5 Å². The van der Waals surface area contributed by atoms with Crippen molar-refractivity contribution in [2.24, 2.45) is 0 Å². The second-order valence-electron chi connectivity index (χ2n) is 21.8. The maximum atomic E-state index is 6.57. The lowest BCUT2D eigenvalue weighted by atomic mass is 9.33. The topological polar surface area (TPSA) is 32.8 Å². The van der Waals surface area contributed by atoms with E-state index in [1.165, 1.54) is 16.4 Å². The number of benzene rings is 13. The number of hydrogen-bond donors (Lipinski definition) is 0. The summed E-state index contributed by atoms with van der Waals surface area (Å²) in [6.45, 7) is -0.175. The van der Waals surface area contributed by atoms with Crippen molar-refractivity contribution in [3.63, 3.8) is 0 Å². The molecular weight excluding hydrogens is 1010 g/mol. The Labute approximate surface area is 481 Å². The van der Waals surface area contributed by atoms with Crippen LogP contribution in [0.4, 0.5) is 34.1 Å². The van der Waals surface area contributed by atoms with Gasteiger partial charge in [-0.05, 0) is 109 Å². The minimum atomic E-state index is -0.175. The van der Waals surface area contributed by atoms with E-state index in [-0.39, 0.29) is 6.71 Å². The summed E-state index contributed by atoms with van der Waals surface area (Å²) in [5.74, 6) is 0. The second kappa shape index (κ2) is 18.9. The molecule has 15 aromatic rings. The molecule has 0 N–H and O–H groups in total. The highest BCUT2D eigenvalue weighted by molar-refractivity contribution is 7.00. The van der Waals surface area contributed by atoms with Crippen molar-refractivity contribution in [1.29, 1.82) is 0 Å². The summed E-state index contributed by atoms with van der Waals surface area (Å²) in [6, 6.07) is 109. The fraction of sp³-hybridized carbons (Fsp3) is 0. The average molecular weight is 1060 g/mol. The van der Waals surface area contributed by atoms with E-state index < -0.39 is 0 Å². The Morgan fingerprint density at radius 2 is 0.566 bits per heavy atom. The molecule has 4 heterocycles. The smallest absolute Gasteiger partial charge is 0.252 e. The van der Waals surface area contributed by atoms with Crippen molar-refractivity contribution in [3.8, 4) is 66.8 Å². The molecule has 0 atom stereocenters. The van der Waals surface area contributed by atoms with Gasteiger partial charge >= 0.3 is 0 Å². The highest BCUT2D eigenvalue weighted by Crippen LogP contribution is 2.54. The molecule has 2 aliphatic heterocycles. The van der Waals surface area contributed by atoms with Crippen LogP contribution >= 0.6 is 0 Å². The predicted molar refractivity (Wildman–Crippen MR) is 348 cm³/mol. The molecule has 0 amide bonds. The van der Waals surface area contributed by atoms with Gasteiger partial charge in [-0.15, -0.1) is 0 Å². The zero-order chi connectivity index (χ0) is 54.5. The van der Waals surface area contributed by atoms with Gasteiger partial charge in [-0.25, -0.2) is 0 Å². The van der Waals surface area contributed by atoms with E-state index in [1.807, 2.05) is 0 Å². The summed E-state index contributed by atoms with van der Waals surface area (Å²) in [5, 5.41) is 4.43. The first-order chi connectivity index (χ1) is 41.2. The predicted octanol–water partition coefficient (Wildman–Crippen LogP) is 19.6. The minimum Gasteiger partial charge on any atom is -0.456 e. The SMILES string of the molecule is c1ccc(-c2cccc(-c3ccccc3)c2N2c3cc(-c4cccc5oc6ccccc6c45)ccc3B3c4ccc(-c5cccc6oc7ccccc7c56)cc4N(c4c(-c5ccccc5)cccc4-c4ccccc4)c4cccc2c43)cc1. The molecule has 4 nitrogen and oxygen atoms in total. The summed E-state index contributed by atoms with van der Waals surface area (Å²) in [5.41, 5.74) is 27.5. The van der Waals surface area contributed by atoms with E-state index >= 15 is 0 Å². The molecule has 17 rings (SSSR count). The fourth-order valence-corrected chi connectivity index (χ4v) is 13.7. The van der Waals surface area contributed by atoms with E-state index in [9.17, 15) is 0 Å². The van der Waals surface area contributed by atoms with Crippen LogP contribution < -0.4 is 26.2 Å². The van der Waals surface area contributed by atoms with Crippen molar-refractivity contribution in [2.45, 2.75) is 0 Å². The van der Waals surface area contributed by atoms with Crippen LogP contribution in [0.2, 0.25) is 0 Å². The maximum absolute atomic E-state index is 6.57. The Balaban J connectivity index is 1.00. The molecule has 0 radical (unpaired) electrons. The summed E-state index contributed by atoms with van der Waals surface area (Å²) in [7, 11) is 0. The van der Waals surface area contributed by atoms with Gasteiger partial charge in [0.15, 0.2) is 0 Å². The normalized spacial score (nSPS) is 12.5. The maximum Gasteiger partial charge on any atom is 0.252 e. The molecule has 83 heavy (non-hydrogen) atoms. The van der Waals surface area contributed by atoms with Crippen LogP contribution in [0.5, 0.6) is 0 Å². The Morgan fingerprint density at radius 1 is 0.241 bits per heavy atom. The van der Waals surface area contributed by atoms with E-state index in [4.69, 9.17) is 8.83 Å². The van der Waals surface area contributed by atoms with E-state index in [2.05, 4.69) is 307 Å². The van der Waals surface area contributed by atoms with Gasteiger partial charge in [0.2, 0.25) is 0 Å². The first kappa shape index (κ1) is 47.0. The third-order valence-corrected chi connectivity index (χ3v) is 17.3. The van der Waals surface area contributed by atoms with Crippen molar-refractivity contribution in [2.75, 3.05) is 9.80 Å². The first-order valence-electron chi connectivity index (χ1n) is 28.5. The van der Waals surface area contributed by atoms with Crippen LogP contribution in [0.25, 0.3) is 111 Å². The largest absolute Gasteiger partial charge is 0.456 e. The highest BCUT2D eigenvalue weighted by Gasteiger charge is 2.45. The molecule has 0 unspecified atom stereocenters. The zero-order valence-electron chi connectivity index (χ0n) is 45.1. The van der Waals surface area contributed by atoms with Crippen molar-refractivity contribution >= 4 is 101 Å². The molecule has 0 spiro atoms. The average Bonchev–Trinajstić information content (AvgIpc) is 4.19. The number of fused-ring (bicyclic) bond motifs is 10. The fourth-order valence-electron chi connectivity index (χ4n) is 13.7. The monoisotopic (exact) mass is 1060 g/mol. The summed E-state index contributed by atoms with van der Waals surface area (Å²) in [4.78, 5) is 5.21. The third kappa shape index (κ3) is 7.34.